The molecule has 0 bridgehead atoms. The second-order valence-electron chi connectivity index (χ2n) is 4.83. The highest BCUT2D eigenvalue weighted by Crippen LogP contribution is 2.19. The fraction of sp³-hybridized carbons (Fsp3) is 0.833. The van der Waals surface area contributed by atoms with Gasteiger partial charge in [-0.05, 0) is 25.7 Å². The minimum Gasteiger partial charge on any atom is -0.355 e. The van der Waals surface area contributed by atoms with E-state index in [2.05, 4.69) is 10.6 Å². The van der Waals surface area contributed by atoms with E-state index in [0.29, 0.717) is 19.0 Å². The van der Waals surface area contributed by atoms with Gasteiger partial charge in [0.2, 0.25) is 11.8 Å². The molecular formula is C12H20N2O2. The molecule has 4 heteroatoms. The molecule has 2 aliphatic rings. The molecule has 16 heavy (non-hydrogen) atoms. The number of carbonyl (C=O) groups is 2. The first-order valence-corrected chi connectivity index (χ1v) is 6.35. The Morgan fingerprint density at radius 2 is 1.88 bits per heavy atom. The van der Waals surface area contributed by atoms with Crippen LogP contribution in [-0.2, 0) is 9.59 Å². The smallest absolute Gasteiger partial charge is 0.232 e. The van der Waals surface area contributed by atoms with Gasteiger partial charge in [0.1, 0.15) is 5.92 Å². The van der Waals surface area contributed by atoms with Crippen molar-refractivity contribution in [2.75, 3.05) is 6.54 Å². The maximum absolute atomic E-state index is 11.9. The zero-order valence-corrected chi connectivity index (χ0v) is 9.63. The molecule has 1 heterocycles. The average Bonchev–Trinajstić information content (AvgIpc) is 2.31. The molecule has 0 aromatic carbocycles. The van der Waals surface area contributed by atoms with Crippen molar-refractivity contribution in [3.05, 3.63) is 0 Å². The largest absolute Gasteiger partial charge is 0.355 e. The van der Waals surface area contributed by atoms with E-state index in [1.165, 1.54) is 19.3 Å². The number of piperidine rings is 1. The first-order valence-electron chi connectivity index (χ1n) is 6.35. The van der Waals surface area contributed by atoms with Crippen LogP contribution < -0.4 is 10.6 Å². The van der Waals surface area contributed by atoms with Gasteiger partial charge in [-0.2, -0.15) is 0 Å². The quantitative estimate of drug-likeness (QED) is 0.686. The molecule has 1 saturated carbocycles. The molecular weight excluding hydrogens is 204 g/mol. The lowest BCUT2D eigenvalue weighted by molar-refractivity contribution is -0.137. The van der Waals surface area contributed by atoms with E-state index in [1.807, 2.05) is 0 Å². The van der Waals surface area contributed by atoms with Gasteiger partial charge in [0, 0.05) is 12.6 Å². The van der Waals surface area contributed by atoms with Gasteiger partial charge in [-0.15, -0.1) is 0 Å². The highest BCUT2D eigenvalue weighted by molar-refractivity contribution is 6.00. The van der Waals surface area contributed by atoms with Crippen LogP contribution >= 0.6 is 0 Å². The summed E-state index contributed by atoms with van der Waals surface area (Å²) in [6, 6.07) is 0.302. The standard InChI is InChI=1S/C12H20N2O2/c15-11-10(7-4-8-13-11)12(16)14-9-5-2-1-3-6-9/h9-10H,1-8H2,(H,13,15)(H,14,16). The molecule has 2 rings (SSSR count). The molecule has 2 amide bonds. The Bertz CT molecular complexity index is 272. The summed E-state index contributed by atoms with van der Waals surface area (Å²) in [5.74, 6) is -0.612. The lowest BCUT2D eigenvalue weighted by Crippen LogP contribution is -2.48. The van der Waals surface area contributed by atoms with Crippen LogP contribution in [0.4, 0.5) is 0 Å². The van der Waals surface area contributed by atoms with Crippen LogP contribution in [-0.4, -0.2) is 24.4 Å². The summed E-state index contributed by atoms with van der Waals surface area (Å²) >= 11 is 0. The summed E-state index contributed by atoms with van der Waals surface area (Å²) in [6.45, 7) is 0.714. The van der Waals surface area contributed by atoms with Gasteiger partial charge in [-0.1, -0.05) is 19.3 Å². The number of amides is 2. The van der Waals surface area contributed by atoms with Crippen molar-refractivity contribution in [3.8, 4) is 0 Å². The molecule has 0 spiro atoms. The Morgan fingerprint density at radius 3 is 2.56 bits per heavy atom. The van der Waals surface area contributed by atoms with Gasteiger partial charge in [-0.3, -0.25) is 9.59 Å². The zero-order valence-electron chi connectivity index (χ0n) is 9.63. The number of hydrogen-bond donors (Lipinski definition) is 2. The third kappa shape index (κ3) is 2.74. The van der Waals surface area contributed by atoms with Crippen LogP contribution in [0.5, 0.6) is 0 Å². The Kier molecular flexibility index (Phi) is 3.80. The van der Waals surface area contributed by atoms with Crippen LogP contribution in [0.25, 0.3) is 0 Å². The van der Waals surface area contributed by atoms with Crippen molar-refractivity contribution in [1.82, 2.24) is 10.6 Å². The number of carbonyl (C=O) groups excluding carboxylic acids is 2. The van der Waals surface area contributed by atoms with Crippen molar-refractivity contribution in [1.29, 1.82) is 0 Å². The SMILES string of the molecule is O=C1NCCCC1C(=O)NC1CCCCC1. The van der Waals surface area contributed by atoms with Gasteiger partial charge >= 0.3 is 0 Å². The van der Waals surface area contributed by atoms with Gasteiger partial charge < -0.3 is 10.6 Å². The van der Waals surface area contributed by atoms with Crippen LogP contribution in [0.3, 0.4) is 0 Å². The predicted molar refractivity (Wildman–Crippen MR) is 60.7 cm³/mol. The summed E-state index contributed by atoms with van der Waals surface area (Å²) in [5.41, 5.74) is 0. The van der Waals surface area contributed by atoms with Crippen LogP contribution in [0.2, 0.25) is 0 Å². The maximum Gasteiger partial charge on any atom is 0.232 e. The van der Waals surface area contributed by atoms with Gasteiger partial charge in [0.25, 0.3) is 0 Å². The molecule has 2 N–H and O–H groups in total. The first-order chi connectivity index (χ1) is 7.77. The van der Waals surface area contributed by atoms with Crippen molar-refractivity contribution < 1.29 is 9.59 Å². The summed E-state index contributed by atoms with van der Waals surface area (Å²) in [5, 5.41) is 5.77. The lowest BCUT2D eigenvalue weighted by atomic mass is 9.93. The average molecular weight is 224 g/mol. The molecule has 4 nitrogen and oxygen atoms in total. The maximum atomic E-state index is 11.9. The van der Waals surface area contributed by atoms with E-state index in [4.69, 9.17) is 0 Å². The van der Waals surface area contributed by atoms with Gasteiger partial charge in [0.05, 0.1) is 0 Å². The topological polar surface area (TPSA) is 58.2 Å². The van der Waals surface area contributed by atoms with Crippen LogP contribution in [0, 0.1) is 5.92 Å². The zero-order chi connectivity index (χ0) is 11.4. The van der Waals surface area contributed by atoms with E-state index in [1.54, 1.807) is 0 Å². The minimum absolute atomic E-state index is 0.0656. The minimum atomic E-state index is -0.448. The molecule has 2 fully saturated rings. The van der Waals surface area contributed by atoms with E-state index in [0.717, 1.165) is 19.3 Å². The first kappa shape index (κ1) is 11.4. The van der Waals surface area contributed by atoms with Crippen LogP contribution in [0.15, 0.2) is 0 Å². The van der Waals surface area contributed by atoms with E-state index in [9.17, 15) is 9.59 Å². The van der Waals surface area contributed by atoms with Crippen molar-refractivity contribution in [2.24, 2.45) is 5.92 Å². The van der Waals surface area contributed by atoms with E-state index in [-0.39, 0.29) is 11.8 Å². The van der Waals surface area contributed by atoms with Crippen molar-refractivity contribution in [3.63, 3.8) is 0 Å². The Balaban J connectivity index is 1.83. The fourth-order valence-corrected chi connectivity index (χ4v) is 2.57. The Hall–Kier alpha value is -1.06. The van der Waals surface area contributed by atoms with E-state index >= 15 is 0 Å². The molecule has 1 aliphatic heterocycles. The van der Waals surface area contributed by atoms with Gasteiger partial charge in [-0.25, -0.2) is 0 Å². The summed E-state index contributed by atoms with van der Waals surface area (Å²) in [4.78, 5) is 23.4. The van der Waals surface area contributed by atoms with Crippen molar-refractivity contribution >= 4 is 11.8 Å². The molecule has 1 aliphatic carbocycles. The molecule has 1 unspecified atom stereocenters. The molecule has 1 atom stereocenters. The summed E-state index contributed by atoms with van der Waals surface area (Å²) in [7, 11) is 0. The monoisotopic (exact) mass is 224 g/mol. The van der Waals surface area contributed by atoms with E-state index < -0.39 is 5.92 Å². The third-order valence-electron chi connectivity index (χ3n) is 3.55. The highest BCUT2D eigenvalue weighted by Gasteiger charge is 2.30. The second-order valence-corrected chi connectivity index (χ2v) is 4.83. The normalized spacial score (nSPS) is 27.2. The molecule has 0 aromatic heterocycles. The summed E-state index contributed by atoms with van der Waals surface area (Å²) in [6.07, 6.45) is 7.42. The number of nitrogens with one attached hydrogen (secondary N) is 2. The fourth-order valence-electron chi connectivity index (χ4n) is 2.57. The Morgan fingerprint density at radius 1 is 1.12 bits per heavy atom. The molecule has 0 aromatic rings. The number of rotatable bonds is 2. The lowest BCUT2D eigenvalue weighted by Gasteiger charge is -2.26. The van der Waals surface area contributed by atoms with Crippen LogP contribution in [0.1, 0.15) is 44.9 Å². The number of hydrogen-bond acceptors (Lipinski definition) is 2. The molecule has 90 valence electrons. The Labute approximate surface area is 96.2 Å². The van der Waals surface area contributed by atoms with Gasteiger partial charge in [0.15, 0.2) is 0 Å². The predicted octanol–water partition coefficient (Wildman–Crippen LogP) is 0.961. The molecule has 0 radical (unpaired) electrons. The highest BCUT2D eigenvalue weighted by atomic mass is 16.2. The van der Waals surface area contributed by atoms with Crippen molar-refractivity contribution in [2.45, 2.75) is 51.0 Å². The molecule has 1 saturated heterocycles. The summed E-state index contributed by atoms with van der Waals surface area (Å²) < 4.78 is 0. The second kappa shape index (κ2) is 5.32. The third-order valence-corrected chi connectivity index (χ3v) is 3.55.